The predicted octanol–water partition coefficient (Wildman–Crippen LogP) is 7.79. The lowest BCUT2D eigenvalue weighted by Crippen LogP contribution is -2.25. The second kappa shape index (κ2) is 10.1. The predicted molar refractivity (Wildman–Crippen MR) is 111 cm³/mol. The Morgan fingerprint density at radius 2 is 1.56 bits per heavy atom. The first-order valence-corrected chi connectivity index (χ1v) is 10.3. The van der Waals surface area contributed by atoms with Gasteiger partial charge in [-0.1, -0.05) is 44.0 Å². The molecule has 1 radical (unpaired) electrons. The summed E-state index contributed by atoms with van der Waals surface area (Å²) in [6.07, 6.45) is -1.08. The molecule has 0 bridgehead atoms. The number of unbranched alkanes of at least 4 members (excludes halogenated alkanes) is 2. The van der Waals surface area contributed by atoms with Crippen molar-refractivity contribution in [2.45, 2.75) is 38.7 Å². The van der Waals surface area contributed by atoms with Crippen molar-refractivity contribution in [3.8, 4) is 28.7 Å². The van der Waals surface area contributed by atoms with Crippen molar-refractivity contribution >= 4 is 0 Å². The third-order valence-electron chi connectivity index (χ3n) is 5.16. The summed E-state index contributed by atoms with van der Waals surface area (Å²) in [6.45, 7) is 2.04. The van der Waals surface area contributed by atoms with Crippen LogP contribution in [0.2, 0.25) is 0 Å². The molecular formula is C25H18F6NO2. The summed E-state index contributed by atoms with van der Waals surface area (Å²) in [7, 11) is 0. The molecule has 0 unspecified atom stereocenters. The number of halogens is 6. The smallest absolute Gasteiger partial charge is 0.429 e. The zero-order valence-electron chi connectivity index (χ0n) is 17.9. The maximum Gasteiger partial charge on any atom is 0.432 e. The fourth-order valence-corrected chi connectivity index (χ4v) is 3.47. The van der Waals surface area contributed by atoms with Crippen LogP contribution in [0.1, 0.15) is 42.9 Å². The number of hydrogen-bond acceptors (Lipinski definition) is 2. The van der Waals surface area contributed by atoms with Crippen molar-refractivity contribution in [2.24, 2.45) is 0 Å². The first-order valence-electron chi connectivity index (χ1n) is 10.3. The zero-order valence-corrected chi connectivity index (χ0v) is 17.9. The Hall–Kier alpha value is -3.67. The SMILES string of the molecule is CCCCCc1ccc(-c2c([O])cc(F)c(C(F)(F)Oc3cc(F)c(C#N)c(F)c3)c2F)cc1. The minimum Gasteiger partial charge on any atom is -0.429 e. The lowest BCUT2D eigenvalue weighted by atomic mass is 9.97. The van der Waals surface area contributed by atoms with Crippen LogP contribution in [0.3, 0.4) is 0 Å². The quantitative estimate of drug-likeness (QED) is 0.245. The number of rotatable bonds is 8. The van der Waals surface area contributed by atoms with Gasteiger partial charge in [0.25, 0.3) is 0 Å². The summed E-state index contributed by atoms with van der Waals surface area (Å²) >= 11 is 0. The fourth-order valence-electron chi connectivity index (χ4n) is 3.47. The van der Waals surface area contributed by atoms with Crippen LogP contribution in [0.15, 0.2) is 42.5 Å². The average Bonchev–Trinajstić information content (AvgIpc) is 2.74. The zero-order chi connectivity index (χ0) is 25.0. The van der Waals surface area contributed by atoms with Gasteiger partial charge in [-0.05, 0) is 24.0 Å². The molecule has 3 aromatic carbocycles. The highest BCUT2D eigenvalue weighted by atomic mass is 19.3. The van der Waals surface area contributed by atoms with Crippen LogP contribution in [0.5, 0.6) is 11.5 Å². The summed E-state index contributed by atoms with van der Waals surface area (Å²) < 4.78 is 90.7. The van der Waals surface area contributed by atoms with E-state index >= 15 is 4.39 Å². The van der Waals surface area contributed by atoms with Gasteiger partial charge in [-0.2, -0.15) is 14.0 Å². The van der Waals surface area contributed by atoms with E-state index < -0.39 is 57.6 Å². The molecule has 0 aliphatic rings. The summed E-state index contributed by atoms with van der Waals surface area (Å²) in [5.41, 5.74) is -2.87. The molecular weight excluding hydrogens is 460 g/mol. The van der Waals surface area contributed by atoms with Gasteiger partial charge in [0.15, 0.2) is 11.6 Å². The van der Waals surface area contributed by atoms with Gasteiger partial charge in [-0.25, -0.2) is 17.6 Å². The largest absolute Gasteiger partial charge is 0.432 e. The van der Waals surface area contributed by atoms with Crippen molar-refractivity contribution < 1.29 is 36.2 Å². The molecule has 3 aromatic rings. The van der Waals surface area contributed by atoms with E-state index in [0.717, 1.165) is 31.2 Å². The molecule has 0 aliphatic heterocycles. The van der Waals surface area contributed by atoms with Gasteiger partial charge in [0.05, 0.1) is 5.56 Å². The average molecular weight is 478 g/mol. The summed E-state index contributed by atoms with van der Waals surface area (Å²) in [5.74, 6) is -9.01. The molecule has 9 heteroatoms. The molecule has 0 spiro atoms. The van der Waals surface area contributed by atoms with Crippen molar-refractivity contribution in [3.63, 3.8) is 0 Å². The number of aryl methyl sites for hydroxylation is 1. The highest BCUT2D eigenvalue weighted by molar-refractivity contribution is 5.72. The van der Waals surface area contributed by atoms with Gasteiger partial charge in [-0.3, -0.25) is 5.11 Å². The molecule has 0 atom stereocenters. The highest BCUT2D eigenvalue weighted by Gasteiger charge is 2.43. The van der Waals surface area contributed by atoms with Crippen LogP contribution in [-0.2, 0) is 17.6 Å². The van der Waals surface area contributed by atoms with E-state index in [1.807, 2.05) is 6.92 Å². The van der Waals surface area contributed by atoms with E-state index in [0.29, 0.717) is 0 Å². The van der Waals surface area contributed by atoms with E-state index in [2.05, 4.69) is 4.74 Å². The molecule has 0 saturated carbocycles. The Kier molecular flexibility index (Phi) is 7.40. The Bertz CT molecular complexity index is 1210. The first kappa shape index (κ1) is 25.0. The van der Waals surface area contributed by atoms with Crippen LogP contribution in [-0.4, -0.2) is 0 Å². The first-order chi connectivity index (χ1) is 16.1. The maximum absolute atomic E-state index is 15.1. The molecule has 0 saturated heterocycles. The normalized spacial score (nSPS) is 11.4. The second-order valence-corrected chi connectivity index (χ2v) is 7.57. The molecule has 177 valence electrons. The standard InChI is InChI=1S/C25H18F6NO2/c1-2-3-4-5-14-6-8-15(9-7-14)22-21(33)12-20(28)23(24(22)29)25(30,31)34-16-10-18(26)17(13-32)19(27)11-16/h6-12H,2-5H2,1H3. The lowest BCUT2D eigenvalue weighted by Gasteiger charge is -2.21. The van der Waals surface area contributed by atoms with Crippen molar-refractivity contribution in [1.29, 1.82) is 5.26 Å². The third kappa shape index (κ3) is 5.11. The number of benzene rings is 3. The van der Waals surface area contributed by atoms with Gasteiger partial charge < -0.3 is 4.74 Å². The van der Waals surface area contributed by atoms with Gasteiger partial charge in [0, 0.05) is 18.2 Å². The van der Waals surface area contributed by atoms with E-state index in [9.17, 15) is 27.1 Å². The molecule has 0 fully saturated rings. The Balaban J connectivity index is 2.00. The highest BCUT2D eigenvalue weighted by Crippen LogP contribution is 2.42. The molecule has 0 amide bonds. The van der Waals surface area contributed by atoms with Crippen molar-refractivity contribution in [1.82, 2.24) is 0 Å². The summed E-state index contributed by atoms with van der Waals surface area (Å²) in [4.78, 5) is 0. The molecule has 0 aliphatic carbocycles. The van der Waals surface area contributed by atoms with Crippen molar-refractivity contribution in [3.05, 3.63) is 82.4 Å². The number of alkyl halides is 2. The Morgan fingerprint density at radius 3 is 2.12 bits per heavy atom. The molecule has 0 aromatic heterocycles. The monoisotopic (exact) mass is 478 g/mol. The van der Waals surface area contributed by atoms with Gasteiger partial charge in [-0.15, -0.1) is 0 Å². The van der Waals surface area contributed by atoms with Crippen LogP contribution in [0.4, 0.5) is 26.3 Å². The van der Waals surface area contributed by atoms with E-state index in [4.69, 9.17) is 5.26 Å². The van der Waals surface area contributed by atoms with Crippen LogP contribution in [0.25, 0.3) is 11.1 Å². The molecule has 0 heterocycles. The Labute approximate surface area is 191 Å². The van der Waals surface area contributed by atoms with E-state index in [1.165, 1.54) is 18.2 Å². The molecule has 3 rings (SSSR count). The molecule has 0 N–H and O–H groups in total. The third-order valence-corrected chi connectivity index (χ3v) is 5.16. The number of nitrogens with zero attached hydrogens (tertiary/aromatic N) is 1. The van der Waals surface area contributed by atoms with E-state index in [1.54, 1.807) is 12.1 Å². The van der Waals surface area contributed by atoms with E-state index in [-0.39, 0.29) is 23.8 Å². The number of hydrogen-bond donors (Lipinski definition) is 0. The summed E-state index contributed by atoms with van der Waals surface area (Å²) in [5, 5.41) is 20.9. The van der Waals surface area contributed by atoms with Crippen LogP contribution >= 0.6 is 0 Å². The fraction of sp³-hybridized carbons (Fsp3) is 0.240. The summed E-state index contributed by atoms with van der Waals surface area (Å²) in [6, 6.07) is 7.93. The van der Waals surface area contributed by atoms with Crippen molar-refractivity contribution in [2.75, 3.05) is 0 Å². The topological polar surface area (TPSA) is 52.9 Å². The molecule has 34 heavy (non-hydrogen) atoms. The van der Waals surface area contributed by atoms with Crippen LogP contribution < -0.4 is 4.74 Å². The second-order valence-electron chi connectivity index (χ2n) is 7.57. The van der Waals surface area contributed by atoms with Crippen LogP contribution in [0, 0.1) is 34.6 Å². The number of ether oxygens (including phenoxy) is 1. The lowest BCUT2D eigenvalue weighted by molar-refractivity contribution is -0.189. The molecule has 3 nitrogen and oxygen atoms in total. The maximum atomic E-state index is 15.1. The Morgan fingerprint density at radius 1 is 0.941 bits per heavy atom. The number of nitriles is 1. The minimum absolute atomic E-state index is 0.0470. The minimum atomic E-state index is -4.75. The van der Waals surface area contributed by atoms with Gasteiger partial charge >= 0.3 is 6.11 Å². The van der Waals surface area contributed by atoms with Gasteiger partial charge in [0.1, 0.15) is 40.4 Å². The van der Waals surface area contributed by atoms with Gasteiger partial charge in [0.2, 0.25) is 0 Å².